The lowest BCUT2D eigenvalue weighted by atomic mass is 9.98. The van der Waals surface area contributed by atoms with Gasteiger partial charge in [0.1, 0.15) is 11.4 Å². The van der Waals surface area contributed by atoms with Crippen LogP contribution in [0, 0.1) is 0 Å². The molecule has 1 amide bonds. The van der Waals surface area contributed by atoms with Gasteiger partial charge < -0.3 is 20.1 Å². The number of ether oxygens (including phenoxy) is 2. The Morgan fingerprint density at radius 1 is 0.880 bits per heavy atom. The quantitative estimate of drug-likeness (QED) is 0.148. The molecular formula is C36H37Cl2N9O3. The van der Waals surface area contributed by atoms with Crippen LogP contribution in [0.4, 0.5) is 0 Å². The Morgan fingerprint density at radius 3 is 2.12 bits per heavy atom. The number of aromatic amines is 1. The van der Waals surface area contributed by atoms with Gasteiger partial charge in [-0.2, -0.15) is 5.10 Å². The van der Waals surface area contributed by atoms with Crippen LogP contribution in [-0.2, 0) is 17.9 Å². The Kier molecular flexibility index (Phi) is 10.2. The van der Waals surface area contributed by atoms with E-state index in [0.29, 0.717) is 82.0 Å². The Morgan fingerprint density at radius 2 is 1.52 bits per heavy atom. The van der Waals surface area contributed by atoms with Crippen LogP contribution >= 0.6 is 23.2 Å². The van der Waals surface area contributed by atoms with Crippen molar-refractivity contribution in [2.75, 3.05) is 33.9 Å². The van der Waals surface area contributed by atoms with Crippen molar-refractivity contribution in [1.29, 1.82) is 0 Å². The number of carbonyl (C=O) groups excluding carboxylic acids is 1. The van der Waals surface area contributed by atoms with Gasteiger partial charge in [0.15, 0.2) is 0 Å². The summed E-state index contributed by atoms with van der Waals surface area (Å²) < 4.78 is 11.3. The average molecular weight is 715 g/mol. The monoisotopic (exact) mass is 713 g/mol. The molecule has 2 aliphatic rings. The summed E-state index contributed by atoms with van der Waals surface area (Å²) >= 11 is 14.2. The number of aromatic nitrogens is 6. The molecule has 0 saturated carbocycles. The van der Waals surface area contributed by atoms with Crippen LogP contribution in [0.3, 0.4) is 0 Å². The minimum Gasteiger partial charge on any atom is -0.480 e. The lowest BCUT2D eigenvalue weighted by Gasteiger charge is -2.17. The van der Waals surface area contributed by atoms with Crippen molar-refractivity contribution in [2.45, 2.75) is 44.3 Å². The number of H-pyrrole nitrogens is 1. The Hall–Kier alpha value is -4.62. The number of halogens is 2. The van der Waals surface area contributed by atoms with Crippen LogP contribution < -0.4 is 20.1 Å². The third-order valence-electron chi connectivity index (χ3n) is 9.25. The SMILES string of the molecule is COc1nc(-c2cccc(-c3cccc(-c4cnc(CN5CCC(c6cn[nH]c6)C5)c(OC)n4)c3Cl)c2Cl)cnc1CNC[C@@H]1CCC(=O)N1. The Balaban J connectivity index is 1.10. The maximum absolute atomic E-state index is 11.5. The molecule has 258 valence electrons. The number of nitrogens with one attached hydrogen (secondary N) is 3. The molecular weight excluding hydrogens is 677 g/mol. The van der Waals surface area contributed by atoms with Crippen molar-refractivity contribution in [1.82, 2.24) is 45.7 Å². The maximum atomic E-state index is 11.5. The summed E-state index contributed by atoms with van der Waals surface area (Å²) in [5, 5.41) is 14.3. The van der Waals surface area contributed by atoms with E-state index in [1.54, 1.807) is 26.6 Å². The molecule has 3 N–H and O–H groups in total. The van der Waals surface area contributed by atoms with Gasteiger partial charge in [0, 0.05) is 73.0 Å². The Bertz CT molecular complexity index is 1990. The smallest absolute Gasteiger partial charge is 0.237 e. The van der Waals surface area contributed by atoms with Crippen molar-refractivity contribution in [3.63, 3.8) is 0 Å². The van der Waals surface area contributed by atoms with E-state index < -0.39 is 0 Å². The topological polar surface area (TPSA) is 143 Å². The van der Waals surface area contributed by atoms with Gasteiger partial charge in [0.2, 0.25) is 17.7 Å². The minimum atomic E-state index is 0.0857. The summed E-state index contributed by atoms with van der Waals surface area (Å²) in [6.07, 6.45) is 9.73. The van der Waals surface area contributed by atoms with Crippen LogP contribution in [0.15, 0.2) is 61.2 Å². The molecule has 12 nitrogen and oxygen atoms in total. The van der Waals surface area contributed by atoms with Crippen molar-refractivity contribution in [2.24, 2.45) is 0 Å². The van der Waals surface area contributed by atoms with E-state index in [0.717, 1.165) is 42.8 Å². The van der Waals surface area contributed by atoms with E-state index in [1.807, 2.05) is 48.8 Å². The van der Waals surface area contributed by atoms with Crippen molar-refractivity contribution >= 4 is 29.1 Å². The summed E-state index contributed by atoms with van der Waals surface area (Å²) in [7, 11) is 3.17. The molecule has 7 rings (SSSR count). The van der Waals surface area contributed by atoms with E-state index in [4.69, 9.17) is 47.6 Å². The fourth-order valence-electron chi connectivity index (χ4n) is 6.63. The first-order chi connectivity index (χ1) is 24.4. The third kappa shape index (κ3) is 7.15. The highest BCUT2D eigenvalue weighted by molar-refractivity contribution is 6.39. The van der Waals surface area contributed by atoms with Gasteiger partial charge in [-0.3, -0.25) is 24.8 Å². The zero-order valence-electron chi connectivity index (χ0n) is 27.7. The van der Waals surface area contributed by atoms with Gasteiger partial charge in [0.25, 0.3) is 0 Å². The largest absolute Gasteiger partial charge is 0.480 e. The predicted molar refractivity (Wildman–Crippen MR) is 191 cm³/mol. The molecule has 2 fully saturated rings. The first-order valence-corrected chi connectivity index (χ1v) is 17.3. The maximum Gasteiger partial charge on any atom is 0.237 e. The highest BCUT2D eigenvalue weighted by atomic mass is 35.5. The second-order valence-electron chi connectivity index (χ2n) is 12.4. The third-order valence-corrected chi connectivity index (χ3v) is 10.1. The van der Waals surface area contributed by atoms with E-state index in [9.17, 15) is 4.79 Å². The van der Waals surface area contributed by atoms with Crippen molar-refractivity contribution in [3.05, 3.63) is 88.2 Å². The molecule has 0 bridgehead atoms. The van der Waals surface area contributed by atoms with Gasteiger partial charge in [-0.05, 0) is 24.9 Å². The molecule has 0 spiro atoms. The first kappa shape index (κ1) is 33.9. The van der Waals surface area contributed by atoms with Crippen LogP contribution in [0.2, 0.25) is 10.0 Å². The molecule has 1 unspecified atom stereocenters. The normalized spacial score (nSPS) is 17.6. The van der Waals surface area contributed by atoms with E-state index in [1.165, 1.54) is 5.56 Å². The molecule has 3 aromatic heterocycles. The number of methoxy groups -OCH3 is 2. The second-order valence-corrected chi connectivity index (χ2v) is 13.2. The lowest BCUT2D eigenvalue weighted by Crippen LogP contribution is -2.35. The van der Waals surface area contributed by atoms with Gasteiger partial charge >= 0.3 is 0 Å². The van der Waals surface area contributed by atoms with E-state index in [-0.39, 0.29) is 11.9 Å². The second kappa shape index (κ2) is 15.1. The number of hydrogen-bond donors (Lipinski definition) is 3. The van der Waals surface area contributed by atoms with Gasteiger partial charge in [0.05, 0.1) is 54.2 Å². The summed E-state index contributed by atoms with van der Waals surface area (Å²) in [4.78, 5) is 32.8. The molecule has 0 radical (unpaired) electrons. The van der Waals surface area contributed by atoms with Crippen molar-refractivity contribution < 1.29 is 14.3 Å². The molecule has 14 heteroatoms. The van der Waals surface area contributed by atoms with E-state index >= 15 is 0 Å². The minimum absolute atomic E-state index is 0.0857. The molecule has 0 aliphatic carbocycles. The average Bonchev–Trinajstić information content (AvgIpc) is 3.92. The molecule has 2 saturated heterocycles. The molecule has 5 aromatic rings. The number of carbonyl (C=O) groups is 1. The van der Waals surface area contributed by atoms with Crippen LogP contribution in [0.1, 0.15) is 42.1 Å². The zero-order chi connectivity index (χ0) is 34.6. The summed E-state index contributed by atoms with van der Waals surface area (Å²) in [5.74, 6) is 1.38. The highest BCUT2D eigenvalue weighted by Crippen LogP contribution is 2.42. The summed E-state index contributed by atoms with van der Waals surface area (Å²) in [5.41, 5.74) is 6.68. The molecule has 50 heavy (non-hydrogen) atoms. The van der Waals surface area contributed by atoms with Crippen LogP contribution in [0.25, 0.3) is 33.6 Å². The molecule has 2 aliphatic heterocycles. The number of benzene rings is 2. The number of likely N-dealkylation sites (tertiary alicyclic amines) is 1. The lowest BCUT2D eigenvalue weighted by molar-refractivity contribution is -0.119. The first-order valence-electron chi connectivity index (χ1n) is 16.5. The molecule has 5 heterocycles. The number of amides is 1. The van der Waals surface area contributed by atoms with Gasteiger partial charge in [-0.1, -0.05) is 59.6 Å². The number of hydrogen-bond acceptors (Lipinski definition) is 10. The van der Waals surface area contributed by atoms with Crippen LogP contribution in [-0.4, -0.2) is 80.8 Å². The number of rotatable bonds is 12. The Labute approximate surface area is 300 Å². The summed E-state index contributed by atoms with van der Waals surface area (Å²) in [6, 6.07) is 11.6. The van der Waals surface area contributed by atoms with Gasteiger partial charge in [-0.15, -0.1) is 0 Å². The predicted octanol–water partition coefficient (Wildman–Crippen LogP) is 5.67. The fourth-order valence-corrected chi connectivity index (χ4v) is 7.27. The van der Waals surface area contributed by atoms with Gasteiger partial charge in [-0.25, -0.2) is 9.97 Å². The standard InChI is InChI=1S/C36H37Cl2N9O3/c1-49-35-30(16-39-15-23-9-10-32(48)44-23)40-17-28(45-35)26-7-3-5-24(33(26)37)25-6-4-8-27(34(25)38)29-18-41-31(36(46-29)50-2)20-47-12-11-21(19-47)22-13-42-43-14-22/h3-8,13-14,17-18,21,23,39H,9-12,15-16,19-20H2,1-2H3,(H,42,43)(H,44,48)/t21?,23-/m0/s1. The fraction of sp³-hybridized carbons (Fsp3) is 0.333. The molecule has 2 atom stereocenters. The number of nitrogens with zero attached hydrogens (tertiary/aromatic N) is 6. The highest BCUT2D eigenvalue weighted by Gasteiger charge is 2.27. The van der Waals surface area contributed by atoms with Crippen molar-refractivity contribution in [3.8, 4) is 45.4 Å². The zero-order valence-corrected chi connectivity index (χ0v) is 29.3. The molecule has 2 aromatic carbocycles. The summed E-state index contributed by atoms with van der Waals surface area (Å²) in [6.45, 7) is 3.59. The van der Waals surface area contributed by atoms with E-state index in [2.05, 4.69) is 30.7 Å². The van der Waals surface area contributed by atoms with Crippen LogP contribution in [0.5, 0.6) is 11.8 Å².